The summed E-state index contributed by atoms with van der Waals surface area (Å²) < 4.78 is 0. The van der Waals surface area contributed by atoms with Gasteiger partial charge in [-0.3, -0.25) is 4.79 Å². The lowest BCUT2D eigenvalue weighted by atomic mass is 9.69. The van der Waals surface area contributed by atoms with Crippen LogP contribution in [0.4, 0.5) is 0 Å². The summed E-state index contributed by atoms with van der Waals surface area (Å²) in [6.45, 7) is 3.71. The Balaban J connectivity index is 1.98. The molecule has 21 heavy (non-hydrogen) atoms. The van der Waals surface area contributed by atoms with E-state index in [-0.39, 0.29) is 17.7 Å². The van der Waals surface area contributed by atoms with Crippen molar-refractivity contribution in [3.05, 3.63) is 0 Å². The quantitative estimate of drug-likeness (QED) is 0.740. The Morgan fingerprint density at radius 1 is 1.05 bits per heavy atom. The first kappa shape index (κ1) is 16.3. The zero-order valence-electron chi connectivity index (χ0n) is 13.2. The van der Waals surface area contributed by atoms with Crippen LogP contribution in [0.25, 0.3) is 0 Å². The van der Waals surface area contributed by atoms with E-state index in [1.165, 1.54) is 4.90 Å². The standard InChI is InChI=1S/C16H28N2O3/c1-17-8-5-9-18(11-10-17)14(19)12-16(13-15(20)21)6-3-2-4-7-16/h2-13H2,1H3,(H,20,21). The average Bonchev–Trinajstić information content (AvgIpc) is 2.63. The van der Waals surface area contributed by atoms with Crippen LogP contribution >= 0.6 is 0 Å². The lowest BCUT2D eigenvalue weighted by molar-refractivity contribution is -0.877. The summed E-state index contributed by atoms with van der Waals surface area (Å²) in [5.74, 6) is -0.863. The van der Waals surface area contributed by atoms with Crippen LogP contribution in [0, 0.1) is 5.41 Å². The van der Waals surface area contributed by atoms with Gasteiger partial charge in [-0.2, -0.15) is 0 Å². The molecule has 1 N–H and O–H groups in total. The summed E-state index contributed by atoms with van der Waals surface area (Å²) in [4.78, 5) is 27.1. The number of aliphatic carboxylic acids is 1. The number of carbonyl (C=O) groups is 2. The molecule has 0 aromatic rings. The van der Waals surface area contributed by atoms with Crippen LogP contribution in [-0.2, 0) is 9.59 Å². The van der Waals surface area contributed by atoms with Crippen molar-refractivity contribution in [3.63, 3.8) is 0 Å². The first-order chi connectivity index (χ1) is 10.0. The molecule has 5 heteroatoms. The minimum absolute atomic E-state index is 0.0394. The van der Waals surface area contributed by atoms with Crippen LogP contribution in [0.3, 0.4) is 0 Å². The molecule has 1 amide bonds. The van der Waals surface area contributed by atoms with Crippen LogP contribution in [0.1, 0.15) is 51.4 Å². The number of amides is 1. The number of nitrogens with one attached hydrogen (secondary N) is 1. The SMILES string of the molecule is C[NH+]1CCCN(C(=O)CC2(CC(=O)[O-])CCCCC2)CC1. The number of quaternary nitrogens is 1. The maximum atomic E-state index is 12.6. The molecule has 0 aromatic carbocycles. The average molecular weight is 296 g/mol. The van der Waals surface area contributed by atoms with Crippen LogP contribution in [0.15, 0.2) is 0 Å². The van der Waals surface area contributed by atoms with E-state index in [0.29, 0.717) is 6.42 Å². The van der Waals surface area contributed by atoms with Gasteiger partial charge in [0.05, 0.1) is 26.7 Å². The molecule has 0 radical (unpaired) electrons. The molecule has 0 aromatic heterocycles. The van der Waals surface area contributed by atoms with Crippen LogP contribution in [0.5, 0.6) is 0 Å². The van der Waals surface area contributed by atoms with Gasteiger partial charge in [-0.15, -0.1) is 0 Å². The number of likely N-dealkylation sites (N-methyl/N-ethyl adjacent to an activating group) is 1. The smallest absolute Gasteiger partial charge is 0.223 e. The van der Waals surface area contributed by atoms with Crippen LogP contribution in [-0.4, -0.2) is 50.0 Å². The molecule has 1 saturated carbocycles. The highest BCUT2D eigenvalue weighted by Gasteiger charge is 2.36. The van der Waals surface area contributed by atoms with Gasteiger partial charge in [-0.05, 0) is 24.7 Å². The predicted molar refractivity (Wildman–Crippen MR) is 77.6 cm³/mol. The lowest BCUT2D eigenvalue weighted by Gasteiger charge is -2.38. The molecule has 1 saturated heterocycles. The number of nitrogens with zero attached hydrogens (tertiary/aromatic N) is 1. The number of hydrogen-bond acceptors (Lipinski definition) is 3. The zero-order valence-corrected chi connectivity index (χ0v) is 13.2. The second-order valence-electron chi connectivity index (χ2n) is 6.98. The van der Waals surface area contributed by atoms with Gasteiger partial charge in [0, 0.05) is 25.4 Å². The molecule has 1 aliphatic carbocycles. The second-order valence-corrected chi connectivity index (χ2v) is 6.98. The molecule has 2 fully saturated rings. The fourth-order valence-corrected chi connectivity index (χ4v) is 3.84. The van der Waals surface area contributed by atoms with E-state index >= 15 is 0 Å². The van der Waals surface area contributed by atoms with Crippen molar-refractivity contribution in [2.45, 2.75) is 51.4 Å². The Hall–Kier alpha value is -1.10. The van der Waals surface area contributed by atoms with Gasteiger partial charge >= 0.3 is 0 Å². The molecule has 1 atom stereocenters. The molecule has 1 unspecified atom stereocenters. The fraction of sp³-hybridized carbons (Fsp3) is 0.875. The topological polar surface area (TPSA) is 64.9 Å². The van der Waals surface area contributed by atoms with Crippen molar-refractivity contribution in [2.24, 2.45) is 5.41 Å². The molecule has 0 spiro atoms. The normalized spacial score (nSPS) is 26.1. The highest BCUT2D eigenvalue weighted by atomic mass is 16.4. The second kappa shape index (κ2) is 7.25. The Bertz CT molecular complexity index is 378. The number of rotatable bonds is 4. The molecule has 5 nitrogen and oxygen atoms in total. The number of carboxylic acid groups (broad SMARTS) is 1. The largest absolute Gasteiger partial charge is 0.550 e. The minimum atomic E-state index is -1.01. The van der Waals surface area contributed by atoms with Crippen molar-refractivity contribution in [2.75, 3.05) is 33.2 Å². The Morgan fingerprint density at radius 2 is 1.76 bits per heavy atom. The molecule has 1 heterocycles. The molecule has 2 aliphatic rings. The third kappa shape index (κ3) is 4.70. The predicted octanol–water partition coefficient (Wildman–Crippen LogP) is -0.786. The highest BCUT2D eigenvalue weighted by molar-refractivity contribution is 5.78. The number of hydrogen-bond donors (Lipinski definition) is 1. The first-order valence-electron chi connectivity index (χ1n) is 8.30. The van der Waals surface area contributed by atoms with E-state index in [1.54, 1.807) is 0 Å². The van der Waals surface area contributed by atoms with Gasteiger partial charge in [-0.25, -0.2) is 0 Å². The summed E-state index contributed by atoms with van der Waals surface area (Å²) in [6, 6.07) is 0. The Labute approximate surface area is 127 Å². The molecule has 120 valence electrons. The van der Waals surface area contributed by atoms with Crippen molar-refractivity contribution < 1.29 is 19.6 Å². The summed E-state index contributed by atoms with van der Waals surface area (Å²) in [5.41, 5.74) is -0.348. The van der Waals surface area contributed by atoms with Gasteiger partial charge in [0.2, 0.25) is 5.91 Å². The van der Waals surface area contributed by atoms with Crippen molar-refractivity contribution >= 4 is 11.9 Å². The van der Waals surface area contributed by atoms with Crippen LogP contribution < -0.4 is 10.0 Å². The Morgan fingerprint density at radius 3 is 2.43 bits per heavy atom. The van der Waals surface area contributed by atoms with Gasteiger partial charge in [0.1, 0.15) is 0 Å². The summed E-state index contributed by atoms with van der Waals surface area (Å²) in [7, 11) is 2.16. The number of carboxylic acids is 1. The lowest BCUT2D eigenvalue weighted by Crippen LogP contribution is -3.09. The maximum absolute atomic E-state index is 12.6. The van der Waals surface area contributed by atoms with Gasteiger partial charge in [-0.1, -0.05) is 19.3 Å². The van der Waals surface area contributed by atoms with E-state index in [4.69, 9.17) is 0 Å². The van der Waals surface area contributed by atoms with Gasteiger partial charge in [0.15, 0.2) is 0 Å². The van der Waals surface area contributed by atoms with E-state index in [2.05, 4.69) is 7.05 Å². The monoisotopic (exact) mass is 296 g/mol. The van der Waals surface area contributed by atoms with Crippen LogP contribution in [0.2, 0.25) is 0 Å². The summed E-state index contributed by atoms with van der Waals surface area (Å²) in [6.07, 6.45) is 6.39. The fourth-order valence-electron chi connectivity index (χ4n) is 3.84. The highest BCUT2D eigenvalue weighted by Crippen LogP contribution is 2.42. The molecule has 2 rings (SSSR count). The van der Waals surface area contributed by atoms with Gasteiger partial charge in [0.25, 0.3) is 0 Å². The van der Waals surface area contributed by atoms with Crippen molar-refractivity contribution in [1.29, 1.82) is 0 Å². The molecule has 0 bridgehead atoms. The van der Waals surface area contributed by atoms with E-state index in [9.17, 15) is 14.7 Å². The first-order valence-corrected chi connectivity index (χ1v) is 8.30. The Kier molecular flexibility index (Phi) is 5.62. The van der Waals surface area contributed by atoms with Crippen molar-refractivity contribution in [3.8, 4) is 0 Å². The minimum Gasteiger partial charge on any atom is -0.550 e. The number of carbonyl (C=O) groups excluding carboxylic acids is 2. The summed E-state index contributed by atoms with van der Waals surface area (Å²) in [5, 5.41) is 11.1. The van der Waals surface area contributed by atoms with Gasteiger partial charge < -0.3 is 19.7 Å². The third-order valence-corrected chi connectivity index (χ3v) is 5.15. The molecular formula is C16H28N2O3. The third-order valence-electron chi connectivity index (χ3n) is 5.15. The zero-order chi connectivity index (χ0) is 15.3. The maximum Gasteiger partial charge on any atom is 0.223 e. The van der Waals surface area contributed by atoms with Crippen molar-refractivity contribution in [1.82, 2.24) is 4.90 Å². The van der Waals surface area contributed by atoms with E-state index in [0.717, 1.165) is 64.7 Å². The van der Waals surface area contributed by atoms with E-state index in [1.807, 2.05) is 4.90 Å². The molecular weight excluding hydrogens is 268 g/mol. The summed E-state index contributed by atoms with van der Waals surface area (Å²) >= 11 is 0. The molecule has 1 aliphatic heterocycles. The van der Waals surface area contributed by atoms with E-state index < -0.39 is 5.97 Å².